The first kappa shape index (κ1) is 16.3. The van der Waals surface area contributed by atoms with E-state index in [2.05, 4.69) is 35.9 Å². The molecule has 0 aliphatic rings. The number of para-hydroxylation sites is 1. The first-order chi connectivity index (χ1) is 13.3. The van der Waals surface area contributed by atoms with Crippen molar-refractivity contribution in [1.82, 2.24) is 29.9 Å². The Morgan fingerprint density at radius 2 is 1.70 bits per heavy atom. The Labute approximate surface area is 154 Å². The SMILES string of the molecule is O=C(Nc1ccccc1)c1ccc(Nc2cnn(-c3ncccn3)c2)nn1. The maximum Gasteiger partial charge on any atom is 0.276 e. The molecule has 0 unspecified atom stereocenters. The van der Waals surface area contributed by atoms with E-state index in [1.54, 1.807) is 55.1 Å². The highest BCUT2D eigenvalue weighted by Crippen LogP contribution is 2.14. The van der Waals surface area contributed by atoms with E-state index >= 15 is 0 Å². The van der Waals surface area contributed by atoms with Gasteiger partial charge in [-0.15, -0.1) is 10.2 Å². The zero-order valence-corrected chi connectivity index (χ0v) is 14.0. The standard InChI is InChI=1S/C18H14N8O/c27-17(23-13-5-2-1-3-6-13)15-7-8-16(25-24-15)22-14-11-21-26(12-14)18-19-9-4-10-20-18/h1-12H,(H,22,25)(H,23,27). The fourth-order valence-corrected chi connectivity index (χ4v) is 2.29. The van der Waals surface area contributed by atoms with Crippen LogP contribution >= 0.6 is 0 Å². The molecule has 0 atom stereocenters. The maximum atomic E-state index is 12.2. The summed E-state index contributed by atoms with van der Waals surface area (Å²) in [5, 5.41) is 18.0. The second kappa shape index (κ2) is 7.40. The number of aromatic nitrogens is 6. The van der Waals surface area contributed by atoms with E-state index in [9.17, 15) is 4.79 Å². The zero-order chi connectivity index (χ0) is 18.5. The van der Waals surface area contributed by atoms with Crippen molar-refractivity contribution < 1.29 is 4.79 Å². The first-order valence-corrected chi connectivity index (χ1v) is 8.07. The summed E-state index contributed by atoms with van der Waals surface area (Å²) in [6.45, 7) is 0. The highest BCUT2D eigenvalue weighted by atomic mass is 16.1. The largest absolute Gasteiger partial charge is 0.336 e. The molecule has 4 rings (SSSR count). The van der Waals surface area contributed by atoms with Crippen molar-refractivity contribution in [3.63, 3.8) is 0 Å². The van der Waals surface area contributed by atoms with Crippen LogP contribution in [0.2, 0.25) is 0 Å². The molecule has 9 heteroatoms. The van der Waals surface area contributed by atoms with E-state index in [4.69, 9.17) is 0 Å². The molecule has 132 valence electrons. The monoisotopic (exact) mass is 358 g/mol. The number of anilines is 3. The number of hydrogen-bond acceptors (Lipinski definition) is 7. The summed E-state index contributed by atoms with van der Waals surface area (Å²) in [5.74, 6) is 0.624. The number of nitrogens with one attached hydrogen (secondary N) is 2. The molecule has 2 N–H and O–H groups in total. The summed E-state index contributed by atoms with van der Waals surface area (Å²) in [4.78, 5) is 20.4. The minimum atomic E-state index is -0.325. The van der Waals surface area contributed by atoms with Gasteiger partial charge in [0.2, 0.25) is 5.95 Å². The fraction of sp³-hybridized carbons (Fsp3) is 0. The Bertz CT molecular complexity index is 1030. The van der Waals surface area contributed by atoms with Gasteiger partial charge in [-0.2, -0.15) is 5.10 Å². The van der Waals surface area contributed by atoms with Gasteiger partial charge in [0.05, 0.1) is 18.1 Å². The molecule has 4 aromatic rings. The summed E-state index contributed by atoms with van der Waals surface area (Å²) in [5.41, 5.74) is 1.61. The lowest BCUT2D eigenvalue weighted by molar-refractivity contribution is 0.102. The Morgan fingerprint density at radius 3 is 2.44 bits per heavy atom. The summed E-state index contributed by atoms with van der Waals surface area (Å²) < 4.78 is 1.54. The lowest BCUT2D eigenvalue weighted by Gasteiger charge is -2.05. The molecule has 1 amide bonds. The molecule has 0 radical (unpaired) electrons. The number of benzene rings is 1. The van der Waals surface area contributed by atoms with Gasteiger partial charge in [0, 0.05) is 18.1 Å². The van der Waals surface area contributed by atoms with E-state index in [1.165, 1.54) is 4.68 Å². The predicted molar refractivity (Wildman–Crippen MR) is 98.9 cm³/mol. The molecule has 3 aromatic heterocycles. The molecular weight excluding hydrogens is 344 g/mol. The molecule has 1 aromatic carbocycles. The lowest BCUT2D eigenvalue weighted by atomic mass is 10.3. The highest BCUT2D eigenvalue weighted by molar-refractivity contribution is 6.02. The lowest BCUT2D eigenvalue weighted by Crippen LogP contribution is -2.14. The second-order valence-electron chi connectivity index (χ2n) is 5.47. The van der Waals surface area contributed by atoms with Crippen LogP contribution in [0.4, 0.5) is 17.2 Å². The van der Waals surface area contributed by atoms with Crippen molar-refractivity contribution in [3.8, 4) is 5.95 Å². The Balaban J connectivity index is 1.42. The van der Waals surface area contributed by atoms with Gasteiger partial charge in [-0.05, 0) is 30.3 Å². The van der Waals surface area contributed by atoms with Crippen LogP contribution in [-0.4, -0.2) is 35.9 Å². The smallest absolute Gasteiger partial charge is 0.276 e. The number of carbonyl (C=O) groups excluding carboxylic acids is 1. The van der Waals surface area contributed by atoms with Crippen LogP contribution in [0.3, 0.4) is 0 Å². The molecule has 3 heterocycles. The molecule has 0 aliphatic carbocycles. The topological polar surface area (TPSA) is 111 Å². The quantitative estimate of drug-likeness (QED) is 0.564. The van der Waals surface area contributed by atoms with E-state index < -0.39 is 0 Å². The summed E-state index contributed by atoms with van der Waals surface area (Å²) in [7, 11) is 0. The van der Waals surface area contributed by atoms with Gasteiger partial charge < -0.3 is 10.6 Å². The number of carbonyl (C=O) groups is 1. The Hall–Kier alpha value is -4.14. The van der Waals surface area contributed by atoms with Crippen molar-refractivity contribution in [3.05, 3.63) is 79.0 Å². The van der Waals surface area contributed by atoms with Gasteiger partial charge in [0.1, 0.15) is 0 Å². The van der Waals surface area contributed by atoms with E-state index in [0.717, 1.165) is 0 Å². The second-order valence-corrected chi connectivity index (χ2v) is 5.47. The van der Waals surface area contributed by atoms with E-state index in [0.29, 0.717) is 23.1 Å². The van der Waals surface area contributed by atoms with Crippen molar-refractivity contribution in [2.45, 2.75) is 0 Å². The minimum Gasteiger partial charge on any atom is -0.336 e. The van der Waals surface area contributed by atoms with Gasteiger partial charge in [-0.1, -0.05) is 18.2 Å². The minimum absolute atomic E-state index is 0.220. The number of rotatable bonds is 5. The fourth-order valence-electron chi connectivity index (χ4n) is 2.29. The van der Waals surface area contributed by atoms with Crippen molar-refractivity contribution in [1.29, 1.82) is 0 Å². The molecule has 0 aliphatic heterocycles. The summed E-state index contributed by atoms with van der Waals surface area (Å²) >= 11 is 0. The van der Waals surface area contributed by atoms with Gasteiger partial charge in [0.25, 0.3) is 5.91 Å². The normalized spacial score (nSPS) is 10.4. The summed E-state index contributed by atoms with van der Waals surface area (Å²) in [6, 6.07) is 14.2. The predicted octanol–water partition coefficient (Wildman–Crippen LogP) is 2.45. The van der Waals surface area contributed by atoms with Gasteiger partial charge in [-0.3, -0.25) is 4.79 Å². The van der Waals surface area contributed by atoms with Crippen LogP contribution in [0.15, 0.2) is 73.3 Å². The number of amides is 1. The van der Waals surface area contributed by atoms with Crippen LogP contribution in [0, 0.1) is 0 Å². The van der Waals surface area contributed by atoms with Crippen LogP contribution in [0.1, 0.15) is 10.5 Å². The Morgan fingerprint density at radius 1 is 0.889 bits per heavy atom. The maximum absolute atomic E-state index is 12.2. The van der Waals surface area contributed by atoms with Crippen molar-refractivity contribution in [2.24, 2.45) is 0 Å². The van der Waals surface area contributed by atoms with E-state index in [1.807, 2.05) is 18.2 Å². The Kier molecular flexibility index (Phi) is 4.48. The molecule has 9 nitrogen and oxygen atoms in total. The molecular formula is C18H14N8O. The molecule has 0 bridgehead atoms. The number of hydrogen-bond donors (Lipinski definition) is 2. The third kappa shape index (κ3) is 3.93. The first-order valence-electron chi connectivity index (χ1n) is 8.07. The third-order valence-corrected chi connectivity index (χ3v) is 3.54. The molecule has 0 fully saturated rings. The van der Waals surface area contributed by atoms with Crippen LogP contribution in [0.25, 0.3) is 5.95 Å². The van der Waals surface area contributed by atoms with Crippen molar-refractivity contribution in [2.75, 3.05) is 10.6 Å². The third-order valence-electron chi connectivity index (χ3n) is 3.54. The van der Waals surface area contributed by atoms with Crippen molar-refractivity contribution >= 4 is 23.1 Å². The molecule has 27 heavy (non-hydrogen) atoms. The average molecular weight is 358 g/mol. The average Bonchev–Trinajstić information content (AvgIpc) is 3.18. The van der Waals surface area contributed by atoms with Gasteiger partial charge >= 0.3 is 0 Å². The van der Waals surface area contributed by atoms with Crippen LogP contribution in [0.5, 0.6) is 0 Å². The van der Waals surface area contributed by atoms with Crippen LogP contribution in [-0.2, 0) is 0 Å². The molecule has 0 spiro atoms. The van der Waals surface area contributed by atoms with Gasteiger partial charge in [-0.25, -0.2) is 14.6 Å². The number of nitrogens with zero attached hydrogens (tertiary/aromatic N) is 6. The zero-order valence-electron chi connectivity index (χ0n) is 14.0. The van der Waals surface area contributed by atoms with Crippen LogP contribution < -0.4 is 10.6 Å². The summed E-state index contributed by atoms with van der Waals surface area (Å²) in [6.07, 6.45) is 6.63. The molecule has 0 saturated heterocycles. The highest BCUT2D eigenvalue weighted by Gasteiger charge is 2.09. The van der Waals surface area contributed by atoms with E-state index in [-0.39, 0.29) is 11.6 Å². The van der Waals surface area contributed by atoms with Gasteiger partial charge in [0.15, 0.2) is 11.5 Å². The molecule has 0 saturated carbocycles.